The van der Waals surface area contributed by atoms with Crippen molar-refractivity contribution in [3.8, 4) is 0 Å². The third-order valence-corrected chi connectivity index (χ3v) is 4.86. The molecular weight excluding hydrogens is 385 g/mol. The fourth-order valence-electron chi connectivity index (χ4n) is 3.44. The second kappa shape index (κ2) is 9.30. The largest absolute Gasteiger partial charge is 0.416 e. The molecule has 1 fully saturated rings. The van der Waals surface area contributed by atoms with Crippen LogP contribution in [-0.4, -0.2) is 46.3 Å². The lowest BCUT2D eigenvalue weighted by Gasteiger charge is -2.25. The Morgan fingerprint density at radius 2 is 2.17 bits per heavy atom. The van der Waals surface area contributed by atoms with Crippen molar-refractivity contribution in [2.75, 3.05) is 19.7 Å². The van der Waals surface area contributed by atoms with E-state index in [4.69, 9.17) is 4.74 Å². The number of hydrogen-bond donors (Lipinski definition) is 1. The zero-order chi connectivity index (χ0) is 20.9. The normalized spacial score (nSPS) is 16.8. The number of hydrogen-bond acceptors (Lipinski definition) is 3. The highest BCUT2D eigenvalue weighted by atomic mass is 19.4. The highest BCUT2D eigenvalue weighted by Crippen LogP contribution is 2.32. The van der Waals surface area contributed by atoms with Crippen molar-refractivity contribution in [2.24, 2.45) is 0 Å². The predicted octanol–water partition coefficient (Wildman–Crippen LogP) is 3.66. The Labute approximate surface area is 167 Å². The van der Waals surface area contributed by atoms with Gasteiger partial charge in [-0.25, -0.2) is 9.78 Å². The lowest BCUT2D eigenvalue weighted by atomic mass is 10.1. The number of aromatic nitrogens is 2. The lowest BCUT2D eigenvalue weighted by Crippen LogP contribution is -2.43. The van der Waals surface area contributed by atoms with Gasteiger partial charge in [0.05, 0.1) is 18.2 Å². The van der Waals surface area contributed by atoms with Gasteiger partial charge in [0.25, 0.3) is 0 Å². The summed E-state index contributed by atoms with van der Waals surface area (Å²) in [7, 11) is 0. The molecule has 1 N–H and O–H groups in total. The molecule has 9 heteroatoms. The maximum atomic E-state index is 13.3. The number of urea groups is 1. The number of alkyl halides is 3. The molecule has 6 nitrogen and oxygen atoms in total. The molecule has 0 radical (unpaired) electrons. The Kier molecular flexibility index (Phi) is 6.79. The maximum absolute atomic E-state index is 13.3. The van der Waals surface area contributed by atoms with Crippen LogP contribution in [0.2, 0.25) is 0 Å². The highest BCUT2D eigenvalue weighted by Gasteiger charge is 2.33. The minimum atomic E-state index is -4.43. The van der Waals surface area contributed by atoms with Crippen molar-refractivity contribution in [3.63, 3.8) is 0 Å². The molecule has 0 aliphatic carbocycles. The molecule has 1 atom stereocenters. The molecule has 158 valence electrons. The maximum Gasteiger partial charge on any atom is 0.416 e. The van der Waals surface area contributed by atoms with Gasteiger partial charge in [0, 0.05) is 38.6 Å². The van der Waals surface area contributed by atoms with Crippen LogP contribution in [0.15, 0.2) is 36.7 Å². The molecule has 0 unspecified atom stereocenters. The van der Waals surface area contributed by atoms with Gasteiger partial charge < -0.3 is 19.5 Å². The van der Waals surface area contributed by atoms with Crippen LogP contribution >= 0.6 is 0 Å². The molecule has 3 rings (SSSR count). The van der Waals surface area contributed by atoms with Gasteiger partial charge in [-0.3, -0.25) is 0 Å². The van der Waals surface area contributed by atoms with Gasteiger partial charge >= 0.3 is 12.2 Å². The van der Waals surface area contributed by atoms with Crippen molar-refractivity contribution in [1.82, 2.24) is 19.8 Å². The molecule has 0 bridgehead atoms. The third kappa shape index (κ3) is 5.50. The fraction of sp³-hybridized carbons (Fsp3) is 0.500. The molecule has 1 aliphatic heterocycles. The summed E-state index contributed by atoms with van der Waals surface area (Å²) in [6.45, 7) is 3.61. The van der Waals surface area contributed by atoms with Crippen LogP contribution in [0.3, 0.4) is 0 Å². The molecule has 29 heavy (non-hydrogen) atoms. The SMILES string of the molecule is CCNC(=O)N(Cc1nccn1Cc1ccccc1C(F)(F)F)C[C@H]1CCCO1. The van der Waals surface area contributed by atoms with E-state index in [0.29, 0.717) is 25.5 Å². The Bertz CT molecular complexity index is 816. The Morgan fingerprint density at radius 3 is 2.86 bits per heavy atom. The fourth-order valence-corrected chi connectivity index (χ4v) is 3.44. The summed E-state index contributed by atoms with van der Waals surface area (Å²) in [6, 6.07) is 5.25. The average molecular weight is 410 g/mol. The molecule has 0 spiro atoms. The van der Waals surface area contributed by atoms with E-state index in [1.807, 2.05) is 6.92 Å². The Balaban J connectivity index is 1.78. The van der Waals surface area contributed by atoms with Crippen LogP contribution in [0.25, 0.3) is 0 Å². The number of amides is 2. The van der Waals surface area contributed by atoms with Crippen molar-refractivity contribution >= 4 is 6.03 Å². The van der Waals surface area contributed by atoms with Crippen molar-refractivity contribution in [3.05, 3.63) is 53.6 Å². The van der Waals surface area contributed by atoms with Crippen LogP contribution in [-0.2, 0) is 24.0 Å². The quantitative estimate of drug-likeness (QED) is 0.758. The molecular formula is C20H25F3N4O2. The van der Waals surface area contributed by atoms with E-state index in [2.05, 4.69) is 10.3 Å². The highest BCUT2D eigenvalue weighted by molar-refractivity contribution is 5.74. The van der Waals surface area contributed by atoms with Gasteiger partial charge in [-0.05, 0) is 31.4 Å². The summed E-state index contributed by atoms with van der Waals surface area (Å²) in [5.41, 5.74) is -0.512. The molecule has 1 aliphatic rings. The molecule has 1 aromatic carbocycles. The first-order valence-corrected chi connectivity index (χ1v) is 9.68. The number of carbonyl (C=O) groups excluding carboxylic acids is 1. The first-order valence-electron chi connectivity index (χ1n) is 9.68. The zero-order valence-electron chi connectivity index (χ0n) is 16.3. The van der Waals surface area contributed by atoms with E-state index in [9.17, 15) is 18.0 Å². The predicted molar refractivity (Wildman–Crippen MR) is 101 cm³/mol. The van der Waals surface area contributed by atoms with E-state index < -0.39 is 11.7 Å². The first kappa shape index (κ1) is 21.2. The van der Waals surface area contributed by atoms with Gasteiger partial charge in [0.15, 0.2) is 0 Å². The second-order valence-electron chi connectivity index (χ2n) is 6.98. The second-order valence-corrected chi connectivity index (χ2v) is 6.98. The van der Waals surface area contributed by atoms with Crippen molar-refractivity contribution in [1.29, 1.82) is 0 Å². The minimum Gasteiger partial charge on any atom is -0.376 e. The van der Waals surface area contributed by atoms with E-state index in [0.717, 1.165) is 18.9 Å². The van der Waals surface area contributed by atoms with Crippen LogP contribution in [0.4, 0.5) is 18.0 Å². The van der Waals surface area contributed by atoms with Crippen LogP contribution in [0.5, 0.6) is 0 Å². The average Bonchev–Trinajstić information content (AvgIpc) is 3.33. The minimum absolute atomic E-state index is 0.0220. The molecule has 0 saturated carbocycles. The number of rotatable bonds is 7. The smallest absolute Gasteiger partial charge is 0.376 e. The number of imidazole rings is 1. The van der Waals surface area contributed by atoms with Crippen molar-refractivity contribution in [2.45, 2.75) is 45.1 Å². The van der Waals surface area contributed by atoms with Crippen LogP contribution in [0.1, 0.15) is 36.7 Å². The van der Waals surface area contributed by atoms with Crippen molar-refractivity contribution < 1.29 is 22.7 Å². The number of ether oxygens (including phenoxy) is 1. The van der Waals surface area contributed by atoms with Gasteiger partial charge in [-0.2, -0.15) is 13.2 Å². The molecule has 2 aromatic rings. The van der Waals surface area contributed by atoms with Gasteiger partial charge in [0.2, 0.25) is 0 Å². The van der Waals surface area contributed by atoms with Gasteiger partial charge in [0.1, 0.15) is 5.82 Å². The van der Waals surface area contributed by atoms with E-state index in [1.165, 1.54) is 18.3 Å². The van der Waals surface area contributed by atoms with E-state index in [1.54, 1.807) is 21.7 Å². The molecule has 1 aromatic heterocycles. The van der Waals surface area contributed by atoms with Gasteiger partial charge in [-0.15, -0.1) is 0 Å². The van der Waals surface area contributed by atoms with E-state index >= 15 is 0 Å². The molecule has 1 saturated heterocycles. The molecule has 2 heterocycles. The summed E-state index contributed by atoms with van der Waals surface area (Å²) in [5, 5.41) is 2.78. The number of carbonyl (C=O) groups is 1. The standard InChI is InChI=1S/C20H25F3N4O2/c1-2-24-19(28)27(13-16-7-5-11-29-16)14-18-25-9-10-26(18)12-15-6-3-4-8-17(15)20(21,22)23/h3-4,6,8-10,16H,2,5,7,11-14H2,1H3,(H,24,28)/t16-/m1/s1. The summed E-state index contributed by atoms with van der Waals surface area (Å²) in [5.74, 6) is 0.520. The lowest BCUT2D eigenvalue weighted by molar-refractivity contribution is -0.138. The summed E-state index contributed by atoms with van der Waals surface area (Å²) in [4.78, 5) is 18.4. The van der Waals surface area contributed by atoms with Crippen LogP contribution < -0.4 is 5.32 Å². The zero-order valence-corrected chi connectivity index (χ0v) is 16.3. The van der Waals surface area contributed by atoms with E-state index in [-0.39, 0.29) is 30.8 Å². The molecule has 2 amide bonds. The topological polar surface area (TPSA) is 59.4 Å². The number of benzene rings is 1. The Hall–Kier alpha value is -2.55. The number of nitrogens with one attached hydrogen (secondary N) is 1. The first-order chi connectivity index (χ1) is 13.9. The third-order valence-electron chi connectivity index (χ3n) is 4.86. The summed E-state index contributed by atoms with van der Waals surface area (Å²) >= 11 is 0. The number of halogens is 3. The summed E-state index contributed by atoms with van der Waals surface area (Å²) in [6.07, 6.45) is 0.536. The summed E-state index contributed by atoms with van der Waals surface area (Å²) < 4.78 is 47.2. The van der Waals surface area contributed by atoms with Crippen LogP contribution in [0, 0.1) is 0 Å². The number of nitrogens with zero attached hydrogens (tertiary/aromatic N) is 3. The Morgan fingerprint density at radius 1 is 1.38 bits per heavy atom. The van der Waals surface area contributed by atoms with Gasteiger partial charge in [-0.1, -0.05) is 18.2 Å². The monoisotopic (exact) mass is 410 g/mol.